The van der Waals surface area contributed by atoms with Crippen LogP contribution in [-0.2, 0) is 17.6 Å². The second-order valence-electron chi connectivity index (χ2n) is 6.81. The third-order valence-electron chi connectivity index (χ3n) is 5.19. The third kappa shape index (κ3) is 3.13. The van der Waals surface area contributed by atoms with Crippen LogP contribution in [0.5, 0.6) is 0 Å². The maximum Gasteiger partial charge on any atom is 0.249 e. The van der Waals surface area contributed by atoms with Gasteiger partial charge in [-0.2, -0.15) is 0 Å². The van der Waals surface area contributed by atoms with Crippen molar-refractivity contribution in [2.75, 3.05) is 6.54 Å². The van der Waals surface area contributed by atoms with Gasteiger partial charge in [-0.05, 0) is 64.4 Å². The summed E-state index contributed by atoms with van der Waals surface area (Å²) in [5.74, 6) is -0.397. The number of carbonyl (C=O) groups excluding carboxylic acids is 1. The topological polar surface area (TPSA) is 55.5 Å². The first-order chi connectivity index (χ1) is 12.7. The van der Waals surface area contributed by atoms with Crippen molar-refractivity contribution in [2.24, 2.45) is 10.7 Å². The van der Waals surface area contributed by atoms with E-state index < -0.39 is 5.91 Å². The zero-order valence-corrected chi connectivity index (χ0v) is 14.7. The molecule has 0 unspecified atom stereocenters. The number of fused-ring (bicyclic) bond motifs is 5. The Morgan fingerprint density at radius 3 is 2.46 bits per heavy atom. The van der Waals surface area contributed by atoms with Gasteiger partial charge in [0.1, 0.15) is 0 Å². The molecule has 3 heteroatoms. The number of primary amides is 1. The summed E-state index contributed by atoms with van der Waals surface area (Å²) in [6, 6.07) is 18.0. The number of hydrogen-bond donors (Lipinski definition) is 1. The molecule has 3 aromatic rings. The summed E-state index contributed by atoms with van der Waals surface area (Å²) >= 11 is 0. The molecule has 130 valence electrons. The van der Waals surface area contributed by atoms with E-state index >= 15 is 0 Å². The zero-order chi connectivity index (χ0) is 17.9. The van der Waals surface area contributed by atoms with E-state index in [2.05, 4.69) is 53.5 Å². The van der Waals surface area contributed by atoms with Crippen molar-refractivity contribution in [3.05, 3.63) is 71.3 Å². The van der Waals surface area contributed by atoms with Crippen molar-refractivity contribution in [1.82, 2.24) is 0 Å². The number of hydrogen-bond acceptors (Lipinski definition) is 2. The average Bonchev–Trinajstić information content (AvgIpc) is 3.23. The fourth-order valence-electron chi connectivity index (χ4n) is 3.86. The number of carbonyl (C=O) groups is 1. The van der Waals surface area contributed by atoms with Crippen molar-refractivity contribution in [2.45, 2.75) is 25.7 Å². The van der Waals surface area contributed by atoms with Gasteiger partial charge in [-0.1, -0.05) is 48.5 Å². The van der Waals surface area contributed by atoms with Crippen LogP contribution in [-0.4, -0.2) is 18.7 Å². The molecular weight excluding hydrogens is 320 g/mol. The van der Waals surface area contributed by atoms with Crippen LogP contribution in [0, 0.1) is 0 Å². The smallest absolute Gasteiger partial charge is 0.249 e. The van der Waals surface area contributed by atoms with Crippen LogP contribution in [0.15, 0.2) is 65.2 Å². The largest absolute Gasteiger partial charge is 0.366 e. The fourth-order valence-corrected chi connectivity index (χ4v) is 3.86. The monoisotopic (exact) mass is 342 g/mol. The van der Waals surface area contributed by atoms with Gasteiger partial charge in [0.15, 0.2) is 0 Å². The highest BCUT2D eigenvalue weighted by atomic mass is 16.1. The predicted molar refractivity (Wildman–Crippen MR) is 109 cm³/mol. The molecule has 1 aliphatic carbocycles. The maximum atomic E-state index is 10.3. The van der Waals surface area contributed by atoms with Gasteiger partial charge >= 0.3 is 0 Å². The second kappa shape index (κ2) is 7.12. The minimum atomic E-state index is -0.397. The third-order valence-corrected chi connectivity index (χ3v) is 5.19. The summed E-state index contributed by atoms with van der Waals surface area (Å²) in [5.41, 5.74) is 8.59. The summed E-state index contributed by atoms with van der Waals surface area (Å²) in [5, 5.41) is 5.64. The number of nitrogens with two attached hydrogens (primary N) is 1. The van der Waals surface area contributed by atoms with Crippen molar-refractivity contribution in [3.63, 3.8) is 0 Å². The van der Waals surface area contributed by atoms with Crippen LogP contribution in [0.1, 0.15) is 24.0 Å². The average molecular weight is 342 g/mol. The van der Waals surface area contributed by atoms with Gasteiger partial charge in [-0.15, -0.1) is 0 Å². The van der Waals surface area contributed by atoms with Gasteiger partial charge in [0.25, 0.3) is 0 Å². The fraction of sp³-hybridized carbons (Fsp3) is 0.217. The Balaban J connectivity index is 0.000000178. The van der Waals surface area contributed by atoms with E-state index in [4.69, 9.17) is 5.73 Å². The van der Waals surface area contributed by atoms with Crippen LogP contribution >= 0.6 is 0 Å². The Kier molecular flexibility index (Phi) is 4.53. The Morgan fingerprint density at radius 2 is 1.69 bits per heavy atom. The van der Waals surface area contributed by atoms with Crippen LogP contribution in [0.4, 0.5) is 0 Å². The molecule has 0 atom stereocenters. The second-order valence-corrected chi connectivity index (χ2v) is 6.81. The molecule has 1 amide bonds. The number of benzene rings is 3. The van der Waals surface area contributed by atoms with Crippen molar-refractivity contribution >= 4 is 33.7 Å². The normalized spacial score (nSPS) is 15.3. The van der Waals surface area contributed by atoms with Crippen LogP contribution in [0.2, 0.25) is 0 Å². The molecule has 0 aromatic heterocycles. The molecular formula is C23H22N2O. The summed E-state index contributed by atoms with van der Waals surface area (Å²) < 4.78 is 0. The van der Waals surface area contributed by atoms with Gasteiger partial charge in [0, 0.05) is 6.21 Å². The van der Waals surface area contributed by atoms with Crippen molar-refractivity contribution in [1.29, 1.82) is 0 Å². The molecule has 1 heterocycles. The number of nitrogens with zero attached hydrogens (tertiary/aromatic N) is 1. The molecule has 0 saturated heterocycles. The first kappa shape index (κ1) is 16.5. The summed E-state index contributed by atoms with van der Waals surface area (Å²) in [6.45, 7) is 0.596. The highest BCUT2D eigenvalue weighted by Gasteiger charge is 2.13. The molecule has 0 fully saturated rings. The molecule has 2 aliphatic rings. The molecule has 0 saturated carbocycles. The summed E-state index contributed by atoms with van der Waals surface area (Å²) in [6.07, 6.45) is 8.40. The number of rotatable bonds is 1. The lowest BCUT2D eigenvalue weighted by Gasteiger charge is -2.18. The molecule has 0 bridgehead atoms. The first-order valence-electron chi connectivity index (χ1n) is 9.16. The van der Waals surface area contributed by atoms with E-state index in [0.717, 1.165) is 0 Å². The van der Waals surface area contributed by atoms with Gasteiger partial charge < -0.3 is 5.73 Å². The first-order valence-corrected chi connectivity index (χ1v) is 9.16. The lowest BCUT2D eigenvalue weighted by molar-refractivity contribution is -0.114. The zero-order valence-electron chi connectivity index (χ0n) is 14.7. The lowest BCUT2D eigenvalue weighted by atomic mass is 9.86. The Hall–Kier alpha value is -2.94. The highest BCUT2D eigenvalue weighted by Crippen LogP contribution is 2.33. The van der Waals surface area contributed by atoms with E-state index in [1.807, 2.05) is 0 Å². The van der Waals surface area contributed by atoms with Crippen LogP contribution in [0.25, 0.3) is 21.5 Å². The van der Waals surface area contributed by atoms with Gasteiger partial charge in [-0.25, -0.2) is 0 Å². The molecule has 1 aliphatic heterocycles. The van der Waals surface area contributed by atoms with E-state index in [9.17, 15) is 4.79 Å². The predicted octanol–water partition coefficient (Wildman–Crippen LogP) is 4.35. The molecule has 26 heavy (non-hydrogen) atoms. The van der Waals surface area contributed by atoms with E-state index in [1.165, 1.54) is 53.4 Å². The van der Waals surface area contributed by atoms with E-state index in [-0.39, 0.29) is 0 Å². The number of aliphatic imine (C=N–C) groups is 1. The molecule has 2 N–H and O–H groups in total. The molecule has 0 spiro atoms. The Labute approximate surface area is 153 Å². The Morgan fingerprint density at radius 1 is 0.885 bits per heavy atom. The minimum absolute atomic E-state index is 0.397. The van der Waals surface area contributed by atoms with E-state index in [0.29, 0.717) is 12.1 Å². The summed E-state index contributed by atoms with van der Waals surface area (Å²) in [7, 11) is 0. The highest BCUT2D eigenvalue weighted by molar-refractivity contribution is 6.12. The quantitative estimate of drug-likeness (QED) is 0.657. The van der Waals surface area contributed by atoms with E-state index in [1.54, 1.807) is 17.2 Å². The molecule has 3 nitrogen and oxygen atoms in total. The van der Waals surface area contributed by atoms with Crippen LogP contribution in [0.3, 0.4) is 0 Å². The minimum Gasteiger partial charge on any atom is -0.366 e. The standard InChI is InChI=1S/C18H16.C5H6N2O/c1-3-7-15-13(5-1)9-11-18-16-8-4-2-6-14(16)10-12-17(15)18;6-5(8)4-1-2-7-3-4/h1,3,5,7,9-12H,2,4,6,8H2;1,3H,2H2,(H2,6,8). The van der Waals surface area contributed by atoms with Crippen LogP contribution < -0.4 is 5.73 Å². The molecule has 0 radical (unpaired) electrons. The van der Waals surface area contributed by atoms with Gasteiger partial charge in [0.2, 0.25) is 5.91 Å². The SMILES string of the molecule is NC(=O)C1=CCN=C1.c1ccc2c(c1)ccc1c3c(ccc12)CCCC3. The van der Waals surface area contributed by atoms with Gasteiger partial charge in [-0.3, -0.25) is 9.79 Å². The lowest BCUT2D eigenvalue weighted by Crippen LogP contribution is -2.13. The maximum absolute atomic E-state index is 10.3. The molecule has 3 aromatic carbocycles. The number of aryl methyl sites for hydroxylation is 2. The van der Waals surface area contributed by atoms with Crippen molar-refractivity contribution < 1.29 is 4.79 Å². The summed E-state index contributed by atoms with van der Waals surface area (Å²) in [4.78, 5) is 14.0. The van der Waals surface area contributed by atoms with Gasteiger partial charge in [0.05, 0.1) is 12.1 Å². The Bertz CT molecular complexity index is 1050. The van der Waals surface area contributed by atoms with Crippen molar-refractivity contribution in [3.8, 4) is 0 Å². The molecule has 5 rings (SSSR count). The number of amides is 1.